The molecule has 1 aromatic carbocycles. The van der Waals surface area contributed by atoms with Crippen LogP contribution in [0.3, 0.4) is 0 Å². The summed E-state index contributed by atoms with van der Waals surface area (Å²) in [5.41, 5.74) is 6.66. The molecule has 1 amide bonds. The van der Waals surface area contributed by atoms with Crippen LogP contribution in [-0.4, -0.2) is 17.9 Å². The van der Waals surface area contributed by atoms with Crippen LogP contribution in [0.2, 0.25) is 5.02 Å². The van der Waals surface area contributed by atoms with Gasteiger partial charge in [-0.15, -0.1) is 0 Å². The van der Waals surface area contributed by atoms with Gasteiger partial charge in [0.2, 0.25) is 0 Å². The molecule has 0 aliphatic heterocycles. The van der Waals surface area contributed by atoms with Gasteiger partial charge in [-0.3, -0.25) is 9.78 Å². The first-order valence-corrected chi connectivity index (χ1v) is 5.81. The number of halogens is 2. The summed E-state index contributed by atoms with van der Waals surface area (Å²) in [6.45, 7) is 0. The second kappa shape index (κ2) is 5.24. The van der Waals surface area contributed by atoms with Crippen LogP contribution in [0, 0.1) is 5.82 Å². The number of benzene rings is 1. The summed E-state index contributed by atoms with van der Waals surface area (Å²) in [6.07, 6.45) is 2.95. The first-order valence-electron chi connectivity index (χ1n) is 5.44. The van der Waals surface area contributed by atoms with Gasteiger partial charge in [0.25, 0.3) is 5.91 Å². The molecule has 0 radical (unpaired) electrons. The topological polar surface area (TPSA) is 59.2 Å². The summed E-state index contributed by atoms with van der Waals surface area (Å²) in [5.74, 6) is -1.08. The summed E-state index contributed by atoms with van der Waals surface area (Å²) in [4.78, 5) is 17.4. The van der Waals surface area contributed by atoms with E-state index >= 15 is 0 Å². The second-order valence-electron chi connectivity index (χ2n) is 3.90. The van der Waals surface area contributed by atoms with Crippen LogP contribution < -0.4 is 10.6 Å². The lowest BCUT2D eigenvalue weighted by atomic mass is 10.2. The highest BCUT2D eigenvalue weighted by Crippen LogP contribution is 2.25. The fraction of sp³-hybridized carbons (Fsp3) is 0.0769. The molecule has 0 saturated carbocycles. The molecule has 2 aromatic rings. The predicted octanol–water partition coefficient (Wildman–Crippen LogP) is 2.73. The maximum Gasteiger partial charge on any atom is 0.259 e. The smallest absolute Gasteiger partial charge is 0.259 e. The number of carbonyl (C=O) groups is 1. The average Bonchev–Trinajstić information content (AvgIpc) is 2.41. The van der Waals surface area contributed by atoms with E-state index in [0.717, 1.165) is 0 Å². The predicted molar refractivity (Wildman–Crippen MR) is 72.8 cm³/mol. The van der Waals surface area contributed by atoms with E-state index in [1.165, 1.54) is 42.5 Å². The number of nitrogens with zero attached hydrogens (tertiary/aromatic N) is 2. The lowest BCUT2D eigenvalue weighted by Gasteiger charge is -2.19. The van der Waals surface area contributed by atoms with Crippen molar-refractivity contribution in [3.8, 4) is 0 Å². The molecular weight excluding hydrogens is 269 g/mol. The minimum atomic E-state index is -0.636. The highest BCUT2D eigenvalue weighted by atomic mass is 35.5. The lowest BCUT2D eigenvalue weighted by molar-refractivity contribution is 0.0993. The van der Waals surface area contributed by atoms with Crippen molar-refractivity contribution in [1.29, 1.82) is 0 Å². The molecule has 6 heteroatoms. The maximum absolute atomic E-state index is 13.3. The Morgan fingerprint density at radius 3 is 2.84 bits per heavy atom. The number of pyridine rings is 1. The minimum Gasteiger partial charge on any atom is -0.396 e. The molecule has 1 heterocycles. The van der Waals surface area contributed by atoms with Crippen LogP contribution in [0.5, 0.6) is 0 Å². The van der Waals surface area contributed by atoms with Gasteiger partial charge in [-0.2, -0.15) is 0 Å². The Kier molecular flexibility index (Phi) is 3.66. The molecule has 0 bridgehead atoms. The van der Waals surface area contributed by atoms with E-state index in [2.05, 4.69) is 4.98 Å². The number of nitrogen functional groups attached to an aromatic ring is 1. The van der Waals surface area contributed by atoms with E-state index in [4.69, 9.17) is 17.3 Å². The van der Waals surface area contributed by atoms with Crippen molar-refractivity contribution in [2.75, 3.05) is 17.7 Å². The minimum absolute atomic E-state index is 0.0837. The van der Waals surface area contributed by atoms with E-state index < -0.39 is 11.7 Å². The highest BCUT2D eigenvalue weighted by Gasteiger charge is 2.19. The molecule has 0 aliphatic rings. The molecule has 0 fully saturated rings. The molecule has 0 aliphatic carbocycles. The third-order valence-corrected chi connectivity index (χ3v) is 3.06. The van der Waals surface area contributed by atoms with Crippen molar-refractivity contribution >= 4 is 28.9 Å². The van der Waals surface area contributed by atoms with Crippen molar-refractivity contribution < 1.29 is 9.18 Å². The Bertz CT molecular complexity index is 633. The maximum atomic E-state index is 13.3. The van der Waals surface area contributed by atoms with Crippen molar-refractivity contribution in [1.82, 2.24) is 4.98 Å². The van der Waals surface area contributed by atoms with Gasteiger partial charge in [0.05, 0.1) is 28.2 Å². The molecule has 0 unspecified atom stereocenters. The number of nitrogens with two attached hydrogens (primary N) is 1. The third kappa shape index (κ3) is 2.51. The van der Waals surface area contributed by atoms with Crippen LogP contribution in [0.4, 0.5) is 15.8 Å². The zero-order chi connectivity index (χ0) is 14.0. The van der Waals surface area contributed by atoms with Gasteiger partial charge in [0, 0.05) is 13.2 Å². The Labute approximate surface area is 114 Å². The summed E-state index contributed by atoms with van der Waals surface area (Å²) in [7, 11) is 1.54. The largest absolute Gasteiger partial charge is 0.396 e. The fourth-order valence-electron chi connectivity index (χ4n) is 1.66. The van der Waals surface area contributed by atoms with Crippen LogP contribution in [-0.2, 0) is 0 Å². The van der Waals surface area contributed by atoms with Gasteiger partial charge in [-0.25, -0.2) is 4.39 Å². The van der Waals surface area contributed by atoms with Gasteiger partial charge in [-0.05, 0) is 18.2 Å². The van der Waals surface area contributed by atoms with E-state index in [1.54, 1.807) is 6.07 Å². The molecule has 2 N–H and O–H groups in total. The molecule has 1 aromatic heterocycles. The number of anilines is 2. The van der Waals surface area contributed by atoms with E-state index in [-0.39, 0.29) is 10.6 Å². The highest BCUT2D eigenvalue weighted by molar-refractivity contribution is 6.34. The number of amides is 1. The van der Waals surface area contributed by atoms with Crippen molar-refractivity contribution in [3.63, 3.8) is 0 Å². The van der Waals surface area contributed by atoms with Crippen molar-refractivity contribution in [3.05, 3.63) is 53.1 Å². The van der Waals surface area contributed by atoms with Crippen LogP contribution in [0.15, 0.2) is 36.7 Å². The van der Waals surface area contributed by atoms with E-state index in [9.17, 15) is 9.18 Å². The van der Waals surface area contributed by atoms with Crippen molar-refractivity contribution in [2.45, 2.75) is 0 Å². The van der Waals surface area contributed by atoms with E-state index in [0.29, 0.717) is 11.4 Å². The molecule has 2 rings (SSSR count). The number of carbonyl (C=O) groups excluding carboxylic acids is 1. The van der Waals surface area contributed by atoms with Gasteiger partial charge >= 0.3 is 0 Å². The van der Waals surface area contributed by atoms with Crippen molar-refractivity contribution in [2.24, 2.45) is 0 Å². The van der Waals surface area contributed by atoms with Gasteiger partial charge in [0.15, 0.2) is 0 Å². The number of aromatic nitrogens is 1. The molecule has 0 spiro atoms. The lowest BCUT2D eigenvalue weighted by Crippen LogP contribution is -2.27. The fourth-order valence-corrected chi connectivity index (χ4v) is 1.87. The number of rotatable bonds is 2. The van der Waals surface area contributed by atoms with Gasteiger partial charge in [-0.1, -0.05) is 17.7 Å². The second-order valence-corrected chi connectivity index (χ2v) is 4.28. The molecule has 0 saturated heterocycles. The number of hydrogen-bond acceptors (Lipinski definition) is 3. The van der Waals surface area contributed by atoms with E-state index in [1.807, 2.05) is 0 Å². The molecule has 19 heavy (non-hydrogen) atoms. The summed E-state index contributed by atoms with van der Waals surface area (Å²) < 4.78 is 13.3. The standard InChI is InChI=1S/C13H11ClFN3O/c1-18(11-5-6-17-7-10(11)16)13(19)8-3-2-4-9(15)12(8)14/h2-7H,16H2,1H3. The Morgan fingerprint density at radius 2 is 2.16 bits per heavy atom. The first-order chi connectivity index (χ1) is 9.02. The zero-order valence-corrected chi connectivity index (χ0v) is 10.9. The molecule has 98 valence electrons. The molecule has 4 nitrogen and oxygen atoms in total. The average molecular weight is 280 g/mol. The zero-order valence-electron chi connectivity index (χ0n) is 10.1. The Balaban J connectivity index is 2.40. The molecule has 0 atom stereocenters. The summed E-state index contributed by atoms with van der Waals surface area (Å²) >= 11 is 5.79. The SMILES string of the molecule is CN(C(=O)c1cccc(F)c1Cl)c1ccncc1N. The van der Waals surface area contributed by atoms with Crippen LogP contribution in [0.1, 0.15) is 10.4 Å². The molecular formula is C13H11ClFN3O. The summed E-state index contributed by atoms with van der Waals surface area (Å²) in [5, 5.41) is -0.202. The first kappa shape index (κ1) is 13.3. The third-order valence-electron chi connectivity index (χ3n) is 2.68. The Morgan fingerprint density at radius 1 is 1.42 bits per heavy atom. The summed E-state index contributed by atoms with van der Waals surface area (Å²) in [6, 6.07) is 5.68. The Hall–Kier alpha value is -2.14. The van der Waals surface area contributed by atoms with Gasteiger partial charge < -0.3 is 10.6 Å². The normalized spacial score (nSPS) is 10.3. The monoisotopic (exact) mass is 279 g/mol. The number of hydrogen-bond donors (Lipinski definition) is 1. The quantitative estimate of drug-likeness (QED) is 0.919. The van der Waals surface area contributed by atoms with Crippen LogP contribution >= 0.6 is 11.6 Å². The van der Waals surface area contributed by atoms with Gasteiger partial charge in [0.1, 0.15) is 5.82 Å². The van der Waals surface area contributed by atoms with Crippen LogP contribution in [0.25, 0.3) is 0 Å².